The molecular weight excluding hydrogens is 1030 g/mol. The van der Waals surface area contributed by atoms with Gasteiger partial charge in [0.15, 0.2) is 0 Å². The lowest BCUT2D eigenvalue weighted by molar-refractivity contribution is -0.870. The molecule has 0 aromatic heterocycles. The number of amides is 1. The summed E-state index contributed by atoms with van der Waals surface area (Å²) in [6.45, 7) is 4.83. The van der Waals surface area contributed by atoms with E-state index in [2.05, 4.69) is 67.8 Å². The topological polar surface area (TPSA) is 105 Å². The molecule has 82 heavy (non-hydrogen) atoms. The quantitative estimate of drug-likeness (QED) is 0.0243. The van der Waals surface area contributed by atoms with Crippen molar-refractivity contribution in [2.45, 2.75) is 373 Å². The number of rotatable bonds is 67. The van der Waals surface area contributed by atoms with Crippen molar-refractivity contribution >= 4 is 13.7 Å². The number of nitrogens with zero attached hydrogens (tertiary/aromatic N) is 1. The normalized spacial score (nSPS) is 13.9. The van der Waals surface area contributed by atoms with Crippen molar-refractivity contribution in [2.75, 3.05) is 40.9 Å². The Balaban J connectivity index is 3.94. The van der Waals surface area contributed by atoms with Crippen molar-refractivity contribution in [1.29, 1.82) is 0 Å². The van der Waals surface area contributed by atoms with Crippen LogP contribution in [0.25, 0.3) is 0 Å². The van der Waals surface area contributed by atoms with Gasteiger partial charge in [-0.2, -0.15) is 0 Å². The fourth-order valence-electron chi connectivity index (χ4n) is 11.0. The van der Waals surface area contributed by atoms with Gasteiger partial charge in [-0.15, -0.1) is 0 Å². The zero-order chi connectivity index (χ0) is 59.8. The molecule has 3 N–H and O–H groups in total. The van der Waals surface area contributed by atoms with Crippen LogP contribution >= 0.6 is 7.82 Å². The van der Waals surface area contributed by atoms with Crippen molar-refractivity contribution in [3.8, 4) is 0 Å². The molecule has 0 aromatic carbocycles. The molecule has 0 radical (unpaired) electrons. The summed E-state index contributed by atoms with van der Waals surface area (Å²) in [5, 5.41) is 14.2. The number of nitrogens with one attached hydrogen (secondary N) is 1. The molecule has 0 heterocycles. The highest BCUT2D eigenvalue weighted by Crippen LogP contribution is 2.43. The summed E-state index contributed by atoms with van der Waals surface area (Å²) in [6, 6.07) is -0.760. The summed E-state index contributed by atoms with van der Waals surface area (Å²) in [7, 11) is 1.63. The Kier molecular flexibility index (Phi) is 62.7. The third-order valence-corrected chi connectivity index (χ3v) is 17.6. The second kappa shape index (κ2) is 63.9. The fraction of sp³-hybridized carbons (Fsp3) is 0.877. The molecule has 0 aliphatic carbocycles. The second-order valence-corrected chi connectivity index (χ2v) is 27.4. The van der Waals surface area contributed by atoms with E-state index in [1.54, 1.807) is 0 Å². The number of aliphatic hydroxyl groups is 1. The molecular formula is C73H142N2O6P+. The summed E-state index contributed by atoms with van der Waals surface area (Å²) in [5.74, 6) is -0.136. The largest absolute Gasteiger partial charge is 0.472 e. The van der Waals surface area contributed by atoms with E-state index in [0.29, 0.717) is 23.9 Å². The maximum atomic E-state index is 13.1. The van der Waals surface area contributed by atoms with Crippen LogP contribution in [0, 0.1) is 0 Å². The molecule has 3 unspecified atom stereocenters. The van der Waals surface area contributed by atoms with Crippen molar-refractivity contribution in [1.82, 2.24) is 5.32 Å². The van der Waals surface area contributed by atoms with Crippen LogP contribution in [0.5, 0.6) is 0 Å². The van der Waals surface area contributed by atoms with Crippen molar-refractivity contribution < 1.29 is 32.9 Å². The maximum Gasteiger partial charge on any atom is 0.472 e. The van der Waals surface area contributed by atoms with Gasteiger partial charge < -0.3 is 19.8 Å². The minimum Gasteiger partial charge on any atom is -0.391 e. The van der Waals surface area contributed by atoms with Crippen LogP contribution in [-0.4, -0.2) is 73.4 Å². The number of quaternary nitrogens is 1. The number of carbonyl (C=O) groups excluding carboxylic acids is 1. The number of unbranched alkanes of at least 4 members (excludes halogenated alkanes) is 46. The van der Waals surface area contributed by atoms with Crippen molar-refractivity contribution in [3.05, 3.63) is 48.6 Å². The molecule has 0 aliphatic heterocycles. The molecule has 0 spiro atoms. The molecule has 9 heteroatoms. The Morgan fingerprint density at radius 2 is 0.732 bits per heavy atom. The van der Waals surface area contributed by atoms with Crippen molar-refractivity contribution in [3.63, 3.8) is 0 Å². The molecule has 0 bridgehead atoms. The lowest BCUT2D eigenvalue weighted by Gasteiger charge is -2.26. The summed E-state index contributed by atoms with van der Waals surface area (Å²) >= 11 is 0. The zero-order valence-electron chi connectivity index (χ0n) is 55.5. The Bertz CT molecular complexity index is 1480. The first-order chi connectivity index (χ1) is 40.0. The van der Waals surface area contributed by atoms with Gasteiger partial charge in [-0.05, 0) is 51.4 Å². The van der Waals surface area contributed by atoms with Gasteiger partial charge in [-0.1, -0.05) is 351 Å². The Hall–Kier alpha value is -1.54. The Morgan fingerprint density at radius 3 is 1.07 bits per heavy atom. The lowest BCUT2D eigenvalue weighted by Crippen LogP contribution is -2.46. The summed E-state index contributed by atoms with van der Waals surface area (Å²) in [4.78, 5) is 23.5. The molecule has 0 saturated heterocycles. The Labute approximate surface area is 511 Å². The third kappa shape index (κ3) is 66.0. The van der Waals surface area contributed by atoms with E-state index in [0.717, 1.165) is 64.2 Å². The number of phosphoric ester groups is 1. The number of carbonyl (C=O) groups is 1. The number of hydrogen-bond donors (Lipinski definition) is 3. The van der Waals surface area contributed by atoms with Gasteiger partial charge in [0.05, 0.1) is 39.9 Å². The molecule has 0 aromatic rings. The number of hydrogen-bond acceptors (Lipinski definition) is 5. The van der Waals surface area contributed by atoms with E-state index >= 15 is 0 Å². The highest BCUT2D eigenvalue weighted by molar-refractivity contribution is 7.47. The number of allylic oxidation sites excluding steroid dienone is 8. The lowest BCUT2D eigenvalue weighted by atomic mass is 10.0. The third-order valence-electron chi connectivity index (χ3n) is 16.6. The zero-order valence-corrected chi connectivity index (χ0v) is 56.4. The average Bonchev–Trinajstić information content (AvgIpc) is 3.47. The van der Waals surface area contributed by atoms with Gasteiger partial charge in [0.1, 0.15) is 13.2 Å². The van der Waals surface area contributed by atoms with Crippen LogP contribution in [0.3, 0.4) is 0 Å². The molecule has 484 valence electrons. The minimum absolute atomic E-state index is 0.0769. The van der Waals surface area contributed by atoms with E-state index in [9.17, 15) is 19.4 Å². The van der Waals surface area contributed by atoms with E-state index in [-0.39, 0.29) is 19.1 Å². The standard InChI is InChI=1S/C73H141N2O6P/c1-6-8-10-12-14-16-18-20-22-24-26-28-30-31-32-33-34-35-36-37-38-39-40-41-42-43-45-47-49-51-53-55-57-59-61-63-65-67-73(77)74-71(70-81-82(78,79)80-69-68-75(3,4)5)72(76)66-64-62-60-58-56-54-52-50-48-46-44-29-27-25-23-21-19-17-15-13-11-9-7-2/h8,10,14,16,20,22,26,28,71-72,76H,6-7,9,11-13,15,17-19,21,23-25,27,29-70H2,1-5H3,(H-,74,77,78,79)/p+1/b10-8-,16-14-,22-20-,28-26-. The Morgan fingerprint density at radius 1 is 0.427 bits per heavy atom. The van der Waals surface area contributed by atoms with Crippen LogP contribution in [0.2, 0.25) is 0 Å². The summed E-state index contributed by atoms with van der Waals surface area (Å²) in [6.07, 6.45) is 86.5. The first kappa shape index (κ1) is 80.5. The summed E-state index contributed by atoms with van der Waals surface area (Å²) in [5.41, 5.74) is 0. The van der Waals surface area contributed by atoms with Crippen LogP contribution in [0.15, 0.2) is 48.6 Å². The molecule has 0 rings (SSSR count). The monoisotopic (exact) mass is 1170 g/mol. The molecule has 1 amide bonds. The summed E-state index contributed by atoms with van der Waals surface area (Å²) < 4.78 is 23.9. The second-order valence-electron chi connectivity index (χ2n) is 25.9. The van der Waals surface area contributed by atoms with Crippen LogP contribution < -0.4 is 5.32 Å². The SMILES string of the molecule is CC/C=C\C/C=C\C/C=C\C/C=C\CCCCCCCCCCCCCCCCCCCCCCCCCCC(=O)NC(COP(=O)(O)OCC[N+](C)(C)C)C(O)CCCCCCCCCCCCCCCCCCCCCCCCC. The van der Waals surface area contributed by atoms with Gasteiger partial charge >= 0.3 is 7.82 Å². The van der Waals surface area contributed by atoms with E-state index in [1.807, 2.05) is 21.1 Å². The van der Waals surface area contributed by atoms with Gasteiger partial charge in [-0.25, -0.2) is 4.57 Å². The van der Waals surface area contributed by atoms with Gasteiger partial charge in [0, 0.05) is 6.42 Å². The first-order valence-electron chi connectivity index (χ1n) is 36.0. The van der Waals surface area contributed by atoms with E-state index < -0.39 is 20.0 Å². The van der Waals surface area contributed by atoms with Crippen molar-refractivity contribution in [2.24, 2.45) is 0 Å². The molecule has 3 atom stereocenters. The predicted molar refractivity (Wildman–Crippen MR) is 360 cm³/mol. The highest BCUT2D eigenvalue weighted by atomic mass is 31.2. The van der Waals surface area contributed by atoms with Crippen LogP contribution in [0.1, 0.15) is 361 Å². The van der Waals surface area contributed by atoms with Gasteiger partial charge in [0.25, 0.3) is 0 Å². The molecule has 0 aliphatic rings. The van der Waals surface area contributed by atoms with E-state index in [4.69, 9.17) is 9.05 Å². The highest BCUT2D eigenvalue weighted by Gasteiger charge is 2.28. The number of likely N-dealkylation sites (N-methyl/N-ethyl adjacent to an activating group) is 1. The van der Waals surface area contributed by atoms with E-state index in [1.165, 1.54) is 270 Å². The average molecular weight is 1170 g/mol. The smallest absolute Gasteiger partial charge is 0.391 e. The molecule has 0 fully saturated rings. The number of phosphoric acid groups is 1. The molecule has 0 saturated carbocycles. The van der Waals surface area contributed by atoms with Gasteiger partial charge in [-0.3, -0.25) is 13.8 Å². The van der Waals surface area contributed by atoms with Gasteiger partial charge in [0.2, 0.25) is 5.91 Å². The number of aliphatic hydroxyl groups excluding tert-OH is 1. The predicted octanol–water partition coefficient (Wildman–Crippen LogP) is 23.0. The first-order valence-corrected chi connectivity index (χ1v) is 37.5. The van der Waals surface area contributed by atoms with Crippen LogP contribution in [0.4, 0.5) is 0 Å². The van der Waals surface area contributed by atoms with Crippen LogP contribution in [-0.2, 0) is 18.4 Å². The maximum absolute atomic E-state index is 13.1. The minimum atomic E-state index is -4.33. The molecule has 8 nitrogen and oxygen atoms in total. The fourth-order valence-corrected chi connectivity index (χ4v) is 11.8.